The van der Waals surface area contributed by atoms with Crippen molar-refractivity contribution in [2.75, 3.05) is 0 Å². The van der Waals surface area contributed by atoms with Gasteiger partial charge in [0.1, 0.15) is 0 Å². The molecule has 0 aromatic heterocycles. The second-order valence-electron chi connectivity index (χ2n) is 4.62. The molecule has 0 heterocycles. The van der Waals surface area contributed by atoms with E-state index in [0.29, 0.717) is 11.6 Å². The minimum atomic E-state index is 0.171. The lowest BCUT2D eigenvalue weighted by molar-refractivity contribution is -0.135. The van der Waals surface area contributed by atoms with Crippen LogP contribution in [0.1, 0.15) is 27.2 Å². The maximum absolute atomic E-state index is 11.6. The monoisotopic (exact) mass is 165 g/mol. The van der Waals surface area contributed by atoms with Crippen LogP contribution >= 0.6 is 0 Å². The molecule has 3 rings (SSSR count). The zero-order valence-corrected chi connectivity index (χ0v) is 7.85. The Morgan fingerprint density at radius 1 is 1.42 bits per heavy atom. The Balaban J connectivity index is 2.48. The molecule has 0 saturated heterocycles. The Bertz CT molecular complexity index is 288. The Kier molecular flexibility index (Phi) is 1.26. The summed E-state index contributed by atoms with van der Waals surface area (Å²) < 4.78 is 0. The highest BCUT2D eigenvalue weighted by Gasteiger charge is 2.56. The van der Waals surface area contributed by atoms with Gasteiger partial charge in [0.2, 0.25) is 0 Å². The van der Waals surface area contributed by atoms with Crippen molar-refractivity contribution in [1.82, 2.24) is 0 Å². The van der Waals surface area contributed by atoms with Crippen LogP contribution < -0.4 is 5.73 Å². The SMILES string of the molecule is CC1=C(N)C(=O)C2C[C@H]1C2(C)C. The van der Waals surface area contributed by atoms with Gasteiger partial charge in [-0.15, -0.1) is 0 Å². The van der Waals surface area contributed by atoms with Crippen molar-refractivity contribution in [3.8, 4) is 0 Å². The number of allylic oxidation sites excluding steroid dienone is 2. The van der Waals surface area contributed by atoms with Gasteiger partial charge in [-0.1, -0.05) is 13.8 Å². The second kappa shape index (κ2) is 1.93. The molecule has 2 nitrogen and oxygen atoms in total. The van der Waals surface area contributed by atoms with Crippen LogP contribution in [0.3, 0.4) is 0 Å². The third-order valence-electron chi connectivity index (χ3n) is 3.80. The Morgan fingerprint density at radius 2 is 2.00 bits per heavy atom. The van der Waals surface area contributed by atoms with Crippen LogP contribution in [-0.2, 0) is 4.79 Å². The fourth-order valence-corrected chi connectivity index (χ4v) is 2.67. The third kappa shape index (κ3) is 0.637. The molecule has 12 heavy (non-hydrogen) atoms. The van der Waals surface area contributed by atoms with E-state index in [9.17, 15) is 4.79 Å². The maximum Gasteiger partial charge on any atom is 0.182 e. The van der Waals surface area contributed by atoms with Crippen LogP contribution in [0, 0.1) is 17.3 Å². The van der Waals surface area contributed by atoms with Crippen molar-refractivity contribution in [3.05, 3.63) is 11.3 Å². The summed E-state index contributed by atoms with van der Waals surface area (Å²) >= 11 is 0. The lowest BCUT2D eigenvalue weighted by Crippen LogP contribution is -2.54. The highest BCUT2D eigenvalue weighted by Crippen LogP contribution is 2.58. The van der Waals surface area contributed by atoms with Crippen LogP contribution in [0.5, 0.6) is 0 Å². The van der Waals surface area contributed by atoms with Gasteiger partial charge in [-0.05, 0) is 30.3 Å². The first kappa shape index (κ1) is 7.84. The van der Waals surface area contributed by atoms with Gasteiger partial charge in [-0.25, -0.2) is 0 Å². The topological polar surface area (TPSA) is 43.1 Å². The molecule has 66 valence electrons. The summed E-state index contributed by atoms with van der Waals surface area (Å²) in [5.41, 5.74) is 7.52. The molecule has 2 N–H and O–H groups in total. The average Bonchev–Trinajstić information content (AvgIpc) is 1.98. The largest absolute Gasteiger partial charge is 0.396 e. The smallest absolute Gasteiger partial charge is 0.182 e. The molecule has 1 unspecified atom stereocenters. The van der Waals surface area contributed by atoms with Crippen molar-refractivity contribution in [3.63, 3.8) is 0 Å². The summed E-state index contributed by atoms with van der Waals surface area (Å²) in [5, 5.41) is 0. The van der Waals surface area contributed by atoms with E-state index < -0.39 is 0 Å². The molecular formula is C10H15NO. The van der Waals surface area contributed by atoms with Gasteiger partial charge in [0.15, 0.2) is 5.78 Å². The standard InChI is InChI=1S/C10H15NO/c1-5-6-4-7(10(6,2)3)9(12)8(5)11/h6-7H,4,11H2,1-3H3/t6-,7?/m1/s1. The molecule has 0 aliphatic heterocycles. The fourth-order valence-electron chi connectivity index (χ4n) is 2.67. The first-order chi connectivity index (χ1) is 5.46. The van der Waals surface area contributed by atoms with E-state index in [1.165, 1.54) is 0 Å². The predicted octanol–water partition coefficient (Wildman–Crippen LogP) is 1.46. The molecule has 0 spiro atoms. The number of rotatable bonds is 0. The fraction of sp³-hybridized carbons (Fsp3) is 0.700. The lowest BCUT2D eigenvalue weighted by Gasteiger charge is -2.55. The molecule has 2 bridgehead atoms. The summed E-state index contributed by atoms with van der Waals surface area (Å²) in [7, 11) is 0. The van der Waals surface area contributed by atoms with E-state index in [-0.39, 0.29) is 17.1 Å². The van der Waals surface area contributed by atoms with Crippen LogP contribution in [-0.4, -0.2) is 5.78 Å². The number of hydrogen-bond acceptors (Lipinski definition) is 2. The van der Waals surface area contributed by atoms with Crippen molar-refractivity contribution in [2.45, 2.75) is 27.2 Å². The van der Waals surface area contributed by atoms with E-state index in [4.69, 9.17) is 5.73 Å². The van der Waals surface area contributed by atoms with E-state index in [1.54, 1.807) is 0 Å². The van der Waals surface area contributed by atoms with Crippen molar-refractivity contribution >= 4 is 5.78 Å². The Morgan fingerprint density at radius 3 is 2.42 bits per heavy atom. The zero-order valence-electron chi connectivity index (χ0n) is 7.85. The highest BCUT2D eigenvalue weighted by atomic mass is 16.1. The van der Waals surface area contributed by atoms with E-state index in [1.807, 2.05) is 6.92 Å². The number of nitrogens with two attached hydrogens (primary N) is 1. The molecule has 2 atom stereocenters. The molecule has 1 fully saturated rings. The van der Waals surface area contributed by atoms with Crippen LogP contribution in [0.15, 0.2) is 11.3 Å². The highest BCUT2D eigenvalue weighted by molar-refractivity contribution is 6.00. The van der Waals surface area contributed by atoms with Gasteiger partial charge in [-0.2, -0.15) is 0 Å². The third-order valence-corrected chi connectivity index (χ3v) is 3.80. The van der Waals surface area contributed by atoms with Gasteiger partial charge >= 0.3 is 0 Å². The van der Waals surface area contributed by atoms with Gasteiger partial charge in [0, 0.05) is 5.92 Å². The van der Waals surface area contributed by atoms with Crippen molar-refractivity contribution < 1.29 is 4.79 Å². The van der Waals surface area contributed by atoms with Crippen LogP contribution in [0.4, 0.5) is 0 Å². The summed E-state index contributed by atoms with van der Waals surface area (Å²) in [5.74, 6) is 0.936. The van der Waals surface area contributed by atoms with E-state index >= 15 is 0 Å². The van der Waals surface area contributed by atoms with Crippen LogP contribution in [0.25, 0.3) is 0 Å². The van der Waals surface area contributed by atoms with E-state index in [2.05, 4.69) is 13.8 Å². The molecular weight excluding hydrogens is 150 g/mol. The summed E-state index contributed by atoms with van der Waals surface area (Å²) in [4.78, 5) is 11.6. The number of carbonyl (C=O) groups is 1. The molecule has 0 radical (unpaired) electrons. The number of carbonyl (C=O) groups excluding carboxylic acids is 1. The number of fused-ring (bicyclic) bond motifs is 1. The normalized spacial score (nSPS) is 38.1. The Labute approximate surface area is 72.8 Å². The minimum Gasteiger partial charge on any atom is -0.396 e. The zero-order chi connectivity index (χ0) is 9.09. The van der Waals surface area contributed by atoms with Crippen molar-refractivity contribution in [2.24, 2.45) is 23.0 Å². The molecule has 3 aliphatic rings. The summed E-state index contributed by atoms with van der Waals surface area (Å²) in [6, 6.07) is 0. The molecule has 3 aliphatic carbocycles. The van der Waals surface area contributed by atoms with Gasteiger partial charge in [-0.3, -0.25) is 4.79 Å². The molecule has 0 aromatic carbocycles. The number of Topliss-reactive ketones (excluding diaryl/α,β-unsaturated/α-hetero) is 1. The average molecular weight is 165 g/mol. The predicted molar refractivity (Wildman–Crippen MR) is 47.3 cm³/mol. The van der Waals surface area contributed by atoms with Crippen molar-refractivity contribution in [1.29, 1.82) is 0 Å². The first-order valence-corrected chi connectivity index (χ1v) is 4.46. The Hall–Kier alpha value is -0.790. The molecule has 0 amide bonds. The van der Waals surface area contributed by atoms with Gasteiger partial charge < -0.3 is 5.73 Å². The second-order valence-corrected chi connectivity index (χ2v) is 4.62. The number of ketones is 1. The first-order valence-electron chi connectivity index (χ1n) is 4.46. The quantitative estimate of drug-likeness (QED) is 0.590. The van der Waals surface area contributed by atoms with Gasteiger partial charge in [0.25, 0.3) is 0 Å². The van der Waals surface area contributed by atoms with E-state index in [0.717, 1.165) is 12.0 Å². The summed E-state index contributed by atoms with van der Waals surface area (Å²) in [6.07, 6.45) is 1.03. The lowest BCUT2D eigenvalue weighted by atomic mass is 9.48. The maximum atomic E-state index is 11.6. The molecule has 0 aromatic rings. The summed E-state index contributed by atoms with van der Waals surface area (Å²) in [6.45, 7) is 6.33. The molecule has 2 heteroatoms. The molecule has 1 saturated carbocycles. The number of hydrogen-bond donors (Lipinski definition) is 1. The van der Waals surface area contributed by atoms with Crippen LogP contribution in [0.2, 0.25) is 0 Å². The minimum absolute atomic E-state index is 0.171. The van der Waals surface area contributed by atoms with Gasteiger partial charge in [0.05, 0.1) is 5.70 Å².